The molecule has 0 radical (unpaired) electrons. The van der Waals surface area contributed by atoms with Crippen molar-refractivity contribution < 1.29 is 33.7 Å². The van der Waals surface area contributed by atoms with Gasteiger partial charge in [-0.05, 0) is 55.2 Å². The van der Waals surface area contributed by atoms with E-state index in [1.54, 1.807) is 7.11 Å². The second-order valence-electron chi connectivity index (χ2n) is 9.09. The number of hydrogen-bond acceptors (Lipinski definition) is 6. The van der Waals surface area contributed by atoms with E-state index in [-0.39, 0.29) is 31.3 Å². The van der Waals surface area contributed by atoms with Crippen LogP contribution in [-0.4, -0.2) is 60.8 Å². The number of carboxylic acid groups (broad SMARTS) is 1. The van der Waals surface area contributed by atoms with E-state index < -0.39 is 17.7 Å². The zero-order valence-electron chi connectivity index (χ0n) is 19.9. The van der Waals surface area contributed by atoms with Crippen LogP contribution in [0.15, 0.2) is 12.1 Å². The lowest BCUT2D eigenvalue weighted by Gasteiger charge is -2.41. The third-order valence-corrected chi connectivity index (χ3v) is 6.93. The maximum atomic E-state index is 12.3. The highest BCUT2D eigenvalue weighted by Crippen LogP contribution is 2.44. The van der Waals surface area contributed by atoms with Gasteiger partial charge in [-0.3, -0.25) is 9.59 Å². The first kappa shape index (κ1) is 24.9. The minimum atomic E-state index is -1.000. The van der Waals surface area contributed by atoms with E-state index in [0.29, 0.717) is 30.8 Å². The van der Waals surface area contributed by atoms with Gasteiger partial charge >= 0.3 is 12.1 Å². The average molecular weight is 462 g/mol. The summed E-state index contributed by atoms with van der Waals surface area (Å²) in [6.45, 7) is 2.52. The Hall–Kier alpha value is -2.77. The molecule has 1 saturated carbocycles. The molecule has 1 amide bonds. The van der Waals surface area contributed by atoms with Crippen LogP contribution < -0.4 is 9.47 Å². The summed E-state index contributed by atoms with van der Waals surface area (Å²) in [6.07, 6.45) is 5.28. The number of amides is 1. The number of ether oxygens (including phenoxy) is 3. The lowest BCUT2D eigenvalue weighted by Crippen LogP contribution is -2.48. The van der Waals surface area contributed by atoms with Crippen LogP contribution >= 0.6 is 0 Å². The first-order chi connectivity index (χ1) is 15.8. The molecule has 1 N–H and O–H groups in total. The van der Waals surface area contributed by atoms with Crippen LogP contribution in [0.25, 0.3) is 0 Å². The van der Waals surface area contributed by atoms with E-state index in [9.17, 15) is 14.4 Å². The molecule has 182 valence electrons. The minimum Gasteiger partial charge on any atom is -0.496 e. The Labute approximate surface area is 195 Å². The molecule has 1 saturated heterocycles. The number of cyclic esters (lactones) is 1. The van der Waals surface area contributed by atoms with Crippen LogP contribution in [0.1, 0.15) is 63.0 Å². The van der Waals surface area contributed by atoms with Crippen molar-refractivity contribution in [3.8, 4) is 11.5 Å². The Balaban J connectivity index is 1.78. The van der Waals surface area contributed by atoms with Crippen LogP contribution in [-0.2, 0) is 27.2 Å². The van der Waals surface area contributed by atoms with Gasteiger partial charge in [0.1, 0.15) is 35.9 Å². The minimum absolute atomic E-state index is 0.0329. The number of nitrogens with zero attached hydrogens (tertiary/aromatic N) is 1. The van der Waals surface area contributed by atoms with Gasteiger partial charge in [0.25, 0.3) is 0 Å². The Bertz CT molecular complexity index is 860. The van der Waals surface area contributed by atoms with Crippen molar-refractivity contribution in [3.05, 3.63) is 23.3 Å². The van der Waals surface area contributed by atoms with Gasteiger partial charge in [0.05, 0.1) is 13.7 Å². The molecule has 1 unspecified atom stereocenters. The molecule has 2 fully saturated rings. The number of esters is 1. The Kier molecular flexibility index (Phi) is 8.21. The predicted octanol–water partition coefficient (Wildman–Crippen LogP) is 4.01. The quantitative estimate of drug-likeness (QED) is 0.415. The number of likely N-dealkylation sites (N-methyl/N-ethyl adjacent to an activating group) is 1. The normalized spacial score (nSPS) is 21.1. The van der Waals surface area contributed by atoms with Crippen LogP contribution in [0, 0.1) is 5.92 Å². The Morgan fingerprint density at radius 2 is 1.94 bits per heavy atom. The molecule has 1 aliphatic heterocycles. The summed E-state index contributed by atoms with van der Waals surface area (Å²) in [7, 11) is 3.10. The molecule has 1 aromatic rings. The van der Waals surface area contributed by atoms with Gasteiger partial charge in [-0.15, -0.1) is 0 Å². The molecule has 8 nitrogen and oxygen atoms in total. The van der Waals surface area contributed by atoms with Crippen molar-refractivity contribution in [2.24, 2.45) is 5.92 Å². The molecule has 8 heteroatoms. The fourth-order valence-electron chi connectivity index (χ4n) is 5.07. The van der Waals surface area contributed by atoms with Crippen molar-refractivity contribution >= 4 is 17.8 Å². The number of hydrogen-bond donors (Lipinski definition) is 1. The summed E-state index contributed by atoms with van der Waals surface area (Å²) in [5, 5.41) is 9.00. The molecule has 1 aliphatic carbocycles. The molecule has 0 bridgehead atoms. The maximum absolute atomic E-state index is 12.3. The van der Waals surface area contributed by atoms with Crippen LogP contribution in [0.3, 0.4) is 0 Å². The Morgan fingerprint density at radius 3 is 2.55 bits per heavy atom. The van der Waals surface area contributed by atoms with Crippen molar-refractivity contribution in [1.82, 2.24) is 4.90 Å². The van der Waals surface area contributed by atoms with Crippen molar-refractivity contribution in [3.63, 3.8) is 0 Å². The predicted molar refractivity (Wildman–Crippen MR) is 122 cm³/mol. The number of rotatable bonds is 10. The number of aryl methyl sites for hydroxylation is 2. The number of carbonyl (C=O) groups is 3. The van der Waals surface area contributed by atoms with E-state index >= 15 is 0 Å². The number of carbonyl (C=O) groups excluding carboxylic acids is 2. The van der Waals surface area contributed by atoms with Crippen molar-refractivity contribution in [2.45, 2.75) is 70.3 Å². The molecule has 3 rings (SSSR count). The lowest BCUT2D eigenvalue weighted by molar-refractivity contribution is -0.178. The van der Waals surface area contributed by atoms with Gasteiger partial charge in [-0.1, -0.05) is 19.8 Å². The lowest BCUT2D eigenvalue weighted by atomic mass is 9.76. The van der Waals surface area contributed by atoms with Gasteiger partial charge in [-0.2, -0.15) is 0 Å². The van der Waals surface area contributed by atoms with Crippen LogP contribution in [0.5, 0.6) is 11.5 Å². The van der Waals surface area contributed by atoms with Crippen LogP contribution in [0.2, 0.25) is 0 Å². The maximum Gasteiger partial charge on any atom is 0.407 e. The summed E-state index contributed by atoms with van der Waals surface area (Å²) in [5.41, 5.74) is 1.25. The molecule has 0 aromatic heterocycles. The highest BCUT2D eigenvalue weighted by atomic mass is 16.6. The van der Waals surface area contributed by atoms with E-state index in [2.05, 4.69) is 0 Å². The van der Waals surface area contributed by atoms with Crippen LogP contribution in [0.4, 0.5) is 4.79 Å². The van der Waals surface area contributed by atoms with Gasteiger partial charge in [0.2, 0.25) is 0 Å². The highest BCUT2D eigenvalue weighted by molar-refractivity contribution is 5.98. The standard InChI is InChI=1S/C25H35NO7/c1-4-17-13-18(21(31-3)15-22(17)32-12-11-26(2)24(29)30)9-10-25(19-7-5-6-8-19)16-20(27)14-23(28)33-25/h13,15,19H,4-12,14,16H2,1-3H3,(H,29,30). The van der Waals surface area contributed by atoms with E-state index in [4.69, 9.17) is 19.3 Å². The van der Waals surface area contributed by atoms with Crippen molar-refractivity contribution in [1.29, 1.82) is 0 Å². The van der Waals surface area contributed by atoms with E-state index in [1.165, 1.54) is 11.9 Å². The first-order valence-corrected chi connectivity index (χ1v) is 11.8. The second-order valence-corrected chi connectivity index (χ2v) is 9.09. The van der Waals surface area contributed by atoms with Gasteiger partial charge < -0.3 is 24.2 Å². The topological polar surface area (TPSA) is 102 Å². The smallest absolute Gasteiger partial charge is 0.407 e. The summed E-state index contributed by atoms with van der Waals surface area (Å²) >= 11 is 0. The zero-order chi connectivity index (χ0) is 24.0. The third kappa shape index (κ3) is 5.97. The summed E-state index contributed by atoms with van der Waals surface area (Å²) in [4.78, 5) is 36.7. The molecule has 33 heavy (non-hydrogen) atoms. The monoisotopic (exact) mass is 461 g/mol. The van der Waals surface area contributed by atoms with E-state index in [0.717, 1.165) is 43.2 Å². The second kappa shape index (κ2) is 10.9. The summed E-state index contributed by atoms with van der Waals surface area (Å²) < 4.78 is 17.4. The Morgan fingerprint density at radius 1 is 1.21 bits per heavy atom. The SMILES string of the molecule is CCc1cc(CCC2(C3CCCC3)CC(=O)CC(=O)O2)c(OC)cc1OCCN(C)C(=O)O. The molecule has 1 aromatic carbocycles. The van der Waals surface area contributed by atoms with Gasteiger partial charge in [-0.25, -0.2) is 4.79 Å². The highest BCUT2D eigenvalue weighted by Gasteiger charge is 2.47. The zero-order valence-corrected chi connectivity index (χ0v) is 19.9. The van der Waals surface area contributed by atoms with Gasteiger partial charge in [0, 0.05) is 19.5 Å². The molecule has 0 spiro atoms. The molecular formula is C25H35NO7. The molecule has 1 atom stereocenters. The summed E-state index contributed by atoms with van der Waals surface area (Å²) in [6, 6.07) is 3.89. The third-order valence-electron chi connectivity index (χ3n) is 6.93. The van der Waals surface area contributed by atoms with E-state index in [1.807, 2.05) is 19.1 Å². The molecule has 2 aliphatic rings. The number of methoxy groups -OCH3 is 1. The fraction of sp³-hybridized carbons (Fsp3) is 0.640. The largest absolute Gasteiger partial charge is 0.496 e. The van der Waals surface area contributed by atoms with Gasteiger partial charge in [0.15, 0.2) is 0 Å². The molecular weight excluding hydrogens is 426 g/mol. The first-order valence-electron chi connectivity index (χ1n) is 11.8. The van der Waals surface area contributed by atoms with Crippen molar-refractivity contribution in [2.75, 3.05) is 27.3 Å². The number of Topliss-reactive ketones (excluding diaryl/α,β-unsaturated/α-hetero) is 1. The summed E-state index contributed by atoms with van der Waals surface area (Å²) in [5.74, 6) is 1.12. The fourth-order valence-corrected chi connectivity index (χ4v) is 5.07. The number of ketones is 1. The number of benzene rings is 1. The average Bonchev–Trinajstić information content (AvgIpc) is 3.32. The molecule has 1 heterocycles.